The number of hydrogen-bond acceptors (Lipinski definition) is 4. The Morgan fingerprint density at radius 3 is 2.20 bits per heavy atom. The van der Waals surface area contributed by atoms with Gasteiger partial charge in [0.15, 0.2) is 0 Å². The first-order valence-electron chi connectivity index (χ1n) is 15.7. The number of ether oxygens (including phenoxy) is 1. The molecule has 2 rings (SSSR count). The number of para-hydroxylation sites is 1. The molecule has 0 saturated heterocycles. The van der Waals surface area contributed by atoms with Crippen LogP contribution < -0.4 is 10.6 Å². The Labute approximate surface area is 269 Å². The largest absolute Gasteiger partial charge is 0.444 e. The van der Waals surface area contributed by atoms with Crippen molar-refractivity contribution in [1.82, 2.24) is 10.2 Å². The third-order valence-corrected chi connectivity index (χ3v) is 7.93. The number of unbranched alkanes of at least 4 members (excludes halogenated alkanes) is 5. The normalized spacial score (nSPS) is 13.2. The van der Waals surface area contributed by atoms with Crippen LogP contribution in [-0.2, 0) is 14.3 Å². The van der Waals surface area contributed by atoms with Crippen molar-refractivity contribution >= 4 is 35.2 Å². The van der Waals surface area contributed by atoms with Crippen LogP contribution in [0, 0.1) is 25.2 Å². The lowest BCUT2D eigenvalue weighted by atomic mass is 9.95. The number of nitrogens with one attached hydrogen (secondary N) is 2. The minimum absolute atomic E-state index is 0.222. The molecule has 3 amide bonds. The molecular weight excluding hydrogens is 574 g/mol. The van der Waals surface area contributed by atoms with Crippen LogP contribution in [0.1, 0.15) is 109 Å². The number of carbonyl (C=O) groups excluding carboxylic acids is 3. The molecular formula is C36H50ClN3O4. The maximum Gasteiger partial charge on any atom is 0.408 e. The summed E-state index contributed by atoms with van der Waals surface area (Å²) in [7, 11) is 0. The SMILES string of the molecule is C#Cc1ccc(C(C(=O)Nc2c(C)cccc2Cl)N(CCCCCCCC)C(=O)C(NC(=O)OC(C)(C)C)C(C)CC)cc1. The summed E-state index contributed by atoms with van der Waals surface area (Å²) in [5, 5.41) is 6.22. The topological polar surface area (TPSA) is 87.7 Å². The summed E-state index contributed by atoms with van der Waals surface area (Å²) >= 11 is 6.49. The third kappa shape index (κ3) is 11.2. The standard InChI is InChI=1S/C36H50ClN3O4/c1-9-12-13-14-15-16-24-40(34(42)31(25(4)10-2)39-35(43)44-36(6,7)8)32(28-22-20-27(11-3)21-23-28)33(41)38-30-26(5)18-17-19-29(30)37/h3,17-23,25,31-32H,9-10,12-16,24H2,1-2,4-8H3,(H,38,41)(H,39,43). The first-order valence-corrected chi connectivity index (χ1v) is 16.1. The lowest BCUT2D eigenvalue weighted by Gasteiger charge is -2.36. The molecule has 0 aromatic heterocycles. The fraction of sp³-hybridized carbons (Fsp3) is 0.528. The number of halogens is 1. The van der Waals surface area contributed by atoms with Crippen molar-refractivity contribution in [2.75, 3.05) is 11.9 Å². The fourth-order valence-electron chi connectivity index (χ4n) is 4.94. The van der Waals surface area contributed by atoms with Crippen LogP contribution in [0.3, 0.4) is 0 Å². The third-order valence-electron chi connectivity index (χ3n) is 7.61. The second-order valence-electron chi connectivity index (χ2n) is 12.4. The van der Waals surface area contributed by atoms with Gasteiger partial charge in [0.2, 0.25) is 5.91 Å². The van der Waals surface area contributed by atoms with Gasteiger partial charge >= 0.3 is 6.09 Å². The molecule has 0 radical (unpaired) electrons. The van der Waals surface area contributed by atoms with Crippen molar-refractivity contribution in [3.05, 3.63) is 64.2 Å². The van der Waals surface area contributed by atoms with E-state index in [1.165, 1.54) is 0 Å². The van der Waals surface area contributed by atoms with Gasteiger partial charge in [-0.05, 0) is 69.4 Å². The van der Waals surface area contributed by atoms with E-state index in [0.29, 0.717) is 41.2 Å². The molecule has 0 heterocycles. The Morgan fingerprint density at radius 2 is 1.64 bits per heavy atom. The van der Waals surface area contributed by atoms with Crippen molar-refractivity contribution in [2.45, 2.75) is 111 Å². The van der Waals surface area contributed by atoms with Crippen molar-refractivity contribution < 1.29 is 19.1 Å². The van der Waals surface area contributed by atoms with Crippen LogP contribution in [0.25, 0.3) is 0 Å². The van der Waals surface area contributed by atoms with Crippen LogP contribution >= 0.6 is 11.6 Å². The number of aryl methyl sites for hydroxylation is 1. The highest BCUT2D eigenvalue weighted by Gasteiger charge is 2.38. The number of nitrogens with zero attached hydrogens (tertiary/aromatic N) is 1. The molecule has 44 heavy (non-hydrogen) atoms. The van der Waals surface area contributed by atoms with Crippen LogP contribution in [0.2, 0.25) is 5.02 Å². The van der Waals surface area contributed by atoms with Gasteiger partial charge in [0.05, 0.1) is 10.7 Å². The zero-order chi connectivity index (χ0) is 32.9. The fourth-order valence-corrected chi connectivity index (χ4v) is 5.21. The van der Waals surface area contributed by atoms with Crippen molar-refractivity contribution in [3.8, 4) is 12.3 Å². The zero-order valence-electron chi connectivity index (χ0n) is 27.5. The summed E-state index contributed by atoms with van der Waals surface area (Å²) in [6.45, 7) is 13.5. The molecule has 3 atom stereocenters. The van der Waals surface area contributed by atoms with Gasteiger partial charge in [-0.25, -0.2) is 4.79 Å². The number of alkyl carbamates (subject to hydrolysis) is 1. The summed E-state index contributed by atoms with van der Waals surface area (Å²) in [5.41, 5.74) is 1.81. The molecule has 2 aromatic carbocycles. The minimum atomic E-state index is -1.01. The molecule has 0 fully saturated rings. The van der Waals surface area contributed by atoms with E-state index in [2.05, 4.69) is 23.5 Å². The van der Waals surface area contributed by atoms with Crippen molar-refractivity contribution in [1.29, 1.82) is 0 Å². The average Bonchev–Trinajstić information content (AvgIpc) is 2.97. The van der Waals surface area contributed by atoms with Gasteiger partial charge in [0.25, 0.3) is 5.91 Å². The van der Waals surface area contributed by atoms with Gasteiger partial charge in [-0.1, -0.05) is 101 Å². The smallest absolute Gasteiger partial charge is 0.408 e. The molecule has 0 aliphatic heterocycles. The van der Waals surface area contributed by atoms with Gasteiger partial charge < -0.3 is 20.3 Å². The van der Waals surface area contributed by atoms with E-state index in [-0.39, 0.29) is 11.8 Å². The highest BCUT2D eigenvalue weighted by atomic mass is 35.5. The summed E-state index contributed by atoms with van der Waals surface area (Å²) in [4.78, 5) is 43.3. The summed E-state index contributed by atoms with van der Waals surface area (Å²) in [6, 6.07) is 10.6. The van der Waals surface area contributed by atoms with Crippen molar-refractivity contribution in [2.24, 2.45) is 5.92 Å². The Hall–Kier alpha value is -3.50. The van der Waals surface area contributed by atoms with Gasteiger partial charge in [0, 0.05) is 12.1 Å². The van der Waals surface area contributed by atoms with Crippen LogP contribution in [-0.4, -0.2) is 41.0 Å². The Bertz CT molecular complexity index is 1260. The molecule has 240 valence electrons. The number of rotatable bonds is 15. The highest BCUT2D eigenvalue weighted by Crippen LogP contribution is 2.30. The average molecular weight is 624 g/mol. The molecule has 3 unspecified atom stereocenters. The minimum Gasteiger partial charge on any atom is -0.444 e. The molecule has 2 aromatic rings. The van der Waals surface area contributed by atoms with E-state index in [1.807, 2.05) is 32.9 Å². The Morgan fingerprint density at radius 1 is 1.00 bits per heavy atom. The van der Waals surface area contributed by atoms with Gasteiger partial charge in [-0.15, -0.1) is 6.42 Å². The van der Waals surface area contributed by atoms with Gasteiger partial charge in [0.1, 0.15) is 17.7 Å². The quantitative estimate of drug-likeness (QED) is 0.154. The Balaban J connectivity index is 2.59. The van der Waals surface area contributed by atoms with E-state index in [0.717, 1.165) is 37.7 Å². The molecule has 0 aliphatic rings. The second-order valence-corrected chi connectivity index (χ2v) is 12.8. The lowest BCUT2D eigenvalue weighted by molar-refractivity contribution is -0.142. The number of anilines is 1. The van der Waals surface area contributed by atoms with Crippen LogP contribution in [0.4, 0.5) is 10.5 Å². The second kappa shape index (κ2) is 17.7. The number of terminal acetylenes is 1. The van der Waals surface area contributed by atoms with E-state index >= 15 is 0 Å². The number of amides is 3. The maximum atomic E-state index is 14.6. The molecule has 0 aliphatic carbocycles. The maximum absolute atomic E-state index is 14.6. The Kier molecular flexibility index (Phi) is 14.8. The molecule has 8 heteroatoms. The van der Waals surface area contributed by atoms with Crippen molar-refractivity contribution in [3.63, 3.8) is 0 Å². The molecule has 7 nitrogen and oxygen atoms in total. The molecule has 0 saturated carbocycles. The van der Waals surface area contributed by atoms with E-state index in [9.17, 15) is 14.4 Å². The predicted molar refractivity (Wildman–Crippen MR) is 180 cm³/mol. The first-order chi connectivity index (χ1) is 20.8. The monoisotopic (exact) mass is 623 g/mol. The van der Waals surface area contributed by atoms with Crippen LogP contribution in [0.15, 0.2) is 42.5 Å². The van der Waals surface area contributed by atoms with E-state index in [1.54, 1.807) is 56.0 Å². The summed E-state index contributed by atoms with van der Waals surface area (Å²) in [6.07, 6.45) is 11.6. The predicted octanol–water partition coefficient (Wildman–Crippen LogP) is 8.44. The van der Waals surface area contributed by atoms with Gasteiger partial charge in [-0.3, -0.25) is 9.59 Å². The number of benzene rings is 2. The molecule has 0 bridgehead atoms. The van der Waals surface area contributed by atoms with Gasteiger partial charge in [-0.2, -0.15) is 0 Å². The lowest BCUT2D eigenvalue weighted by Crippen LogP contribution is -2.55. The van der Waals surface area contributed by atoms with E-state index < -0.39 is 29.7 Å². The molecule has 2 N–H and O–H groups in total. The highest BCUT2D eigenvalue weighted by molar-refractivity contribution is 6.34. The zero-order valence-corrected chi connectivity index (χ0v) is 28.2. The molecule has 0 spiro atoms. The number of hydrogen-bond donors (Lipinski definition) is 2. The van der Waals surface area contributed by atoms with E-state index in [4.69, 9.17) is 22.8 Å². The summed E-state index contributed by atoms with van der Waals surface area (Å²) < 4.78 is 5.52. The van der Waals surface area contributed by atoms with Crippen LogP contribution in [0.5, 0.6) is 0 Å². The first kappa shape index (κ1) is 36.7. The number of carbonyl (C=O) groups is 3. The summed E-state index contributed by atoms with van der Waals surface area (Å²) in [5.74, 6) is 1.63.